The van der Waals surface area contributed by atoms with Crippen molar-refractivity contribution in [3.05, 3.63) is 29.3 Å². The zero-order valence-electron chi connectivity index (χ0n) is 14.1. The van der Waals surface area contributed by atoms with Crippen LogP contribution in [0.25, 0.3) is 0 Å². The highest BCUT2D eigenvalue weighted by molar-refractivity contribution is 5.42. The predicted molar refractivity (Wildman–Crippen MR) is 85.6 cm³/mol. The third-order valence-corrected chi connectivity index (χ3v) is 5.84. The van der Waals surface area contributed by atoms with Gasteiger partial charge in [-0.1, -0.05) is 18.6 Å². The predicted octanol–water partition coefficient (Wildman–Crippen LogP) is 5.25. The fourth-order valence-electron chi connectivity index (χ4n) is 4.25. The van der Waals surface area contributed by atoms with E-state index in [1.165, 1.54) is 6.07 Å². The van der Waals surface area contributed by atoms with Gasteiger partial charge in [-0.3, -0.25) is 0 Å². The van der Waals surface area contributed by atoms with Crippen molar-refractivity contribution in [3.8, 4) is 5.75 Å². The number of benzene rings is 1. The smallest absolute Gasteiger partial charge is 0.405 e. The fraction of sp³-hybridized carbons (Fsp3) is 0.684. The summed E-state index contributed by atoms with van der Waals surface area (Å²) in [5.41, 5.74) is 1.83. The van der Waals surface area contributed by atoms with E-state index in [1.54, 1.807) is 6.07 Å². The van der Waals surface area contributed by atoms with E-state index in [1.807, 2.05) is 6.07 Å². The number of hydrogen-bond donors (Lipinski definition) is 0. The van der Waals surface area contributed by atoms with Crippen LogP contribution in [0.4, 0.5) is 13.2 Å². The van der Waals surface area contributed by atoms with Gasteiger partial charge in [0.1, 0.15) is 5.75 Å². The Balaban J connectivity index is 1.52. The molecule has 25 heavy (non-hydrogen) atoms. The maximum Gasteiger partial charge on any atom is 0.573 e. The first-order chi connectivity index (χ1) is 11.9. The van der Waals surface area contributed by atoms with Gasteiger partial charge in [0.05, 0.1) is 13.2 Å². The highest BCUT2D eigenvalue weighted by atomic mass is 19.4. The van der Waals surface area contributed by atoms with Crippen LogP contribution < -0.4 is 4.74 Å². The molecule has 2 saturated carbocycles. The summed E-state index contributed by atoms with van der Waals surface area (Å²) in [6.07, 6.45) is 1.86. The maximum atomic E-state index is 12.7. The van der Waals surface area contributed by atoms with Crippen molar-refractivity contribution in [1.82, 2.24) is 0 Å². The van der Waals surface area contributed by atoms with Gasteiger partial charge in [-0.2, -0.15) is 0 Å². The molecular formula is C19H23F3O3. The second kappa shape index (κ2) is 6.47. The number of hydrogen-bond acceptors (Lipinski definition) is 3. The normalized spacial score (nSPS) is 24.4. The summed E-state index contributed by atoms with van der Waals surface area (Å²) in [7, 11) is 0. The second-order valence-corrected chi connectivity index (χ2v) is 7.35. The molecule has 0 N–H and O–H groups in total. The van der Waals surface area contributed by atoms with Crippen molar-refractivity contribution < 1.29 is 27.4 Å². The molecule has 3 fully saturated rings. The lowest BCUT2D eigenvalue weighted by Crippen LogP contribution is -2.34. The van der Waals surface area contributed by atoms with Crippen LogP contribution in [0, 0.1) is 0 Å². The molecule has 1 heterocycles. The summed E-state index contributed by atoms with van der Waals surface area (Å²) < 4.78 is 53.8. The van der Waals surface area contributed by atoms with Gasteiger partial charge in [-0.25, -0.2) is 0 Å². The first kappa shape index (κ1) is 17.2. The molecular weight excluding hydrogens is 333 g/mol. The summed E-state index contributed by atoms with van der Waals surface area (Å²) in [6.45, 7) is 1.31. The monoisotopic (exact) mass is 356 g/mol. The number of alkyl halides is 3. The van der Waals surface area contributed by atoms with E-state index in [-0.39, 0.29) is 11.7 Å². The molecule has 6 heteroatoms. The Morgan fingerprint density at radius 2 is 1.64 bits per heavy atom. The van der Waals surface area contributed by atoms with Crippen molar-refractivity contribution in [2.24, 2.45) is 0 Å². The van der Waals surface area contributed by atoms with Crippen LogP contribution in [0.3, 0.4) is 0 Å². The van der Waals surface area contributed by atoms with Crippen LogP contribution in [-0.4, -0.2) is 25.4 Å². The van der Waals surface area contributed by atoms with Crippen LogP contribution in [-0.2, 0) is 9.47 Å². The van der Waals surface area contributed by atoms with Crippen LogP contribution in [0.15, 0.2) is 18.2 Å². The van der Waals surface area contributed by atoms with Crippen molar-refractivity contribution in [3.63, 3.8) is 0 Å². The molecule has 3 nitrogen and oxygen atoms in total. The Kier molecular flexibility index (Phi) is 4.44. The fourth-order valence-corrected chi connectivity index (χ4v) is 4.25. The van der Waals surface area contributed by atoms with E-state index >= 15 is 0 Å². The summed E-state index contributed by atoms with van der Waals surface area (Å²) in [4.78, 5) is 0. The van der Waals surface area contributed by atoms with Gasteiger partial charge in [-0.15, -0.1) is 13.2 Å². The quantitative estimate of drug-likeness (QED) is 0.740. The van der Waals surface area contributed by atoms with Crippen LogP contribution in [0.2, 0.25) is 0 Å². The van der Waals surface area contributed by atoms with E-state index in [0.717, 1.165) is 56.1 Å². The Bertz CT molecular complexity index is 609. The van der Waals surface area contributed by atoms with E-state index in [0.29, 0.717) is 19.1 Å². The molecule has 0 unspecified atom stereocenters. The lowest BCUT2D eigenvalue weighted by molar-refractivity contribution is -0.275. The van der Waals surface area contributed by atoms with E-state index in [9.17, 15) is 13.2 Å². The Labute approximate surface area is 145 Å². The Hall–Kier alpha value is -1.27. The molecule has 4 rings (SSSR count). The molecule has 1 aliphatic heterocycles. The van der Waals surface area contributed by atoms with Crippen LogP contribution in [0.1, 0.15) is 67.9 Å². The van der Waals surface area contributed by atoms with E-state index in [2.05, 4.69) is 4.74 Å². The lowest BCUT2D eigenvalue weighted by atomic mass is 9.76. The zero-order chi connectivity index (χ0) is 17.5. The minimum Gasteiger partial charge on any atom is -0.405 e. The van der Waals surface area contributed by atoms with Crippen LogP contribution >= 0.6 is 0 Å². The molecule has 1 aromatic rings. The van der Waals surface area contributed by atoms with Gasteiger partial charge in [-0.05, 0) is 54.7 Å². The molecule has 1 saturated heterocycles. The third-order valence-electron chi connectivity index (χ3n) is 5.84. The first-order valence-electron chi connectivity index (χ1n) is 9.12. The van der Waals surface area contributed by atoms with E-state index < -0.39 is 12.1 Å². The van der Waals surface area contributed by atoms with E-state index in [4.69, 9.17) is 9.47 Å². The van der Waals surface area contributed by atoms with Crippen molar-refractivity contribution in [1.29, 1.82) is 0 Å². The minimum atomic E-state index is -4.64. The van der Waals surface area contributed by atoms with Gasteiger partial charge in [0.25, 0.3) is 0 Å². The maximum absolute atomic E-state index is 12.7. The van der Waals surface area contributed by atoms with Crippen molar-refractivity contribution >= 4 is 0 Å². The molecule has 3 aliphatic rings. The molecule has 0 bridgehead atoms. The Morgan fingerprint density at radius 3 is 2.20 bits per heavy atom. The molecule has 0 radical (unpaired) electrons. The number of ether oxygens (including phenoxy) is 3. The average Bonchev–Trinajstić information content (AvgIpc) is 2.95. The van der Waals surface area contributed by atoms with Crippen molar-refractivity contribution in [2.45, 2.75) is 68.9 Å². The molecule has 1 aromatic carbocycles. The van der Waals surface area contributed by atoms with Crippen LogP contribution in [0.5, 0.6) is 5.75 Å². The first-order valence-corrected chi connectivity index (χ1v) is 9.12. The summed E-state index contributed by atoms with van der Waals surface area (Å²) in [5.74, 6) is 0.0914. The molecule has 138 valence electrons. The van der Waals surface area contributed by atoms with Crippen molar-refractivity contribution in [2.75, 3.05) is 13.2 Å². The highest BCUT2D eigenvalue weighted by Gasteiger charge is 2.41. The lowest BCUT2D eigenvalue weighted by Gasteiger charge is -2.36. The molecule has 2 aliphatic carbocycles. The summed E-state index contributed by atoms with van der Waals surface area (Å²) in [6, 6.07) is 5.25. The molecule has 0 aromatic heterocycles. The molecule has 1 spiro atoms. The molecule has 0 atom stereocenters. The zero-order valence-corrected chi connectivity index (χ0v) is 14.1. The van der Waals surface area contributed by atoms with Gasteiger partial charge in [0.2, 0.25) is 0 Å². The second-order valence-electron chi connectivity index (χ2n) is 7.35. The van der Waals surface area contributed by atoms with Gasteiger partial charge in [0, 0.05) is 12.8 Å². The highest BCUT2D eigenvalue weighted by Crippen LogP contribution is 2.46. The summed E-state index contributed by atoms with van der Waals surface area (Å²) >= 11 is 0. The average molecular weight is 356 g/mol. The third kappa shape index (κ3) is 3.65. The number of rotatable bonds is 3. The summed E-state index contributed by atoms with van der Waals surface area (Å²) in [5, 5.41) is 0. The topological polar surface area (TPSA) is 27.7 Å². The minimum absolute atomic E-state index is 0.0318. The largest absolute Gasteiger partial charge is 0.573 e. The number of halogens is 3. The standard InChI is InChI=1S/C19H23F3O3/c20-19(21,22)25-17-5-4-15(12-16(17)14-2-1-3-14)13-6-8-18(9-7-13)23-10-11-24-18/h4-5,12-14H,1-3,6-11H2. The SMILES string of the molecule is FC(F)(F)Oc1ccc(C2CCC3(CC2)OCCO3)cc1C1CCC1. The van der Waals surface area contributed by atoms with Gasteiger partial charge < -0.3 is 14.2 Å². The Morgan fingerprint density at radius 1 is 0.960 bits per heavy atom. The van der Waals surface area contributed by atoms with Gasteiger partial charge in [0.15, 0.2) is 5.79 Å². The molecule has 0 amide bonds. The van der Waals surface area contributed by atoms with Gasteiger partial charge >= 0.3 is 6.36 Å².